The number of rotatable bonds is 2. The summed E-state index contributed by atoms with van der Waals surface area (Å²) in [6.45, 7) is 7.38. The van der Waals surface area contributed by atoms with Crippen LogP contribution in [0.1, 0.15) is 11.9 Å². The van der Waals surface area contributed by atoms with Gasteiger partial charge in [-0.25, -0.2) is 0 Å². The predicted molar refractivity (Wildman–Crippen MR) is 106 cm³/mol. The molecule has 0 spiro atoms. The first-order valence-corrected chi connectivity index (χ1v) is 9.80. The molecule has 0 aliphatic carbocycles. The zero-order chi connectivity index (χ0) is 17.4. The lowest BCUT2D eigenvalue weighted by molar-refractivity contribution is -0.703. The Morgan fingerprint density at radius 2 is 2.12 bits per heavy atom. The average Bonchev–Trinajstić information content (AvgIpc) is 3.13. The van der Waals surface area contributed by atoms with Crippen molar-refractivity contribution >= 4 is 46.5 Å². The second-order valence-corrected chi connectivity index (χ2v) is 7.81. The predicted octanol–water partition coefficient (Wildman–Crippen LogP) is 3.21. The van der Waals surface area contributed by atoms with Crippen molar-refractivity contribution in [2.75, 3.05) is 11.9 Å². The summed E-state index contributed by atoms with van der Waals surface area (Å²) in [7, 11) is 2.12. The fourth-order valence-electron chi connectivity index (χ4n) is 2.95. The van der Waals surface area contributed by atoms with Crippen LogP contribution in [0.3, 0.4) is 0 Å². The van der Waals surface area contributed by atoms with Crippen molar-refractivity contribution in [2.45, 2.75) is 18.4 Å². The SMILES string of the molecule is C=c1/c(=C2\Sc3ccccc3N2C)sc(/C=C2\C=CC=CO2)[n+]1CC. The van der Waals surface area contributed by atoms with Gasteiger partial charge in [0.15, 0.2) is 0 Å². The average molecular weight is 368 g/mol. The molecule has 4 rings (SSSR count). The van der Waals surface area contributed by atoms with Gasteiger partial charge in [0, 0.05) is 11.9 Å². The van der Waals surface area contributed by atoms with Crippen LogP contribution in [0.2, 0.25) is 0 Å². The molecule has 1 aromatic carbocycles. The van der Waals surface area contributed by atoms with Crippen LogP contribution in [-0.4, -0.2) is 7.05 Å². The highest BCUT2D eigenvalue weighted by Crippen LogP contribution is 2.45. The third-order valence-electron chi connectivity index (χ3n) is 4.23. The van der Waals surface area contributed by atoms with E-state index in [1.54, 1.807) is 17.6 Å². The number of fused-ring (bicyclic) bond motifs is 1. The Labute approximate surface area is 155 Å². The number of aromatic nitrogens is 1. The van der Waals surface area contributed by atoms with Gasteiger partial charge < -0.3 is 9.64 Å². The van der Waals surface area contributed by atoms with E-state index in [0.717, 1.165) is 22.7 Å². The zero-order valence-electron chi connectivity index (χ0n) is 14.2. The molecule has 0 N–H and O–H groups in total. The quantitative estimate of drug-likeness (QED) is 0.759. The minimum atomic E-state index is 0.846. The Morgan fingerprint density at radius 3 is 2.84 bits per heavy atom. The molecule has 0 amide bonds. The molecule has 0 radical (unpaired) electrons. The van der Waals surface area contributed by atoms with Crippen LogP contribution in [0, 0.1) is 0 Å². The van der Waals surface area contributed by atoms with Gasteiger partial charge in [0.1, 0.15) is 21.9 Å². The van der Waals surface area contributed by atoms with E-state index < -0.39 is 0 Å². The summed E-state index contributed by atoms with van der Waals surface area (Å²) >= 11 is 3.58. The molecule has 0 bridgehead atoms. The van der Waals surface area contributed by atoms with Crippen molar-refractivity contribution in [2.24, 2.45) is 0 Å². The van der Waals surface area contributed by atoms with Crippen molar-refractivity contribution in [3.63, 3.8) is 0 Å². The molecule has 5 heteroatoms. The summed E-state index contributed by atoms with van der Waals surface area (Å²) in [6.07, 6.45) is 9.63. The minimum Gasteiger partial charge on any atom is -0.465 e. The van der Waals surface area contributed by atoms with E-state index >= 15 is 0 Å². The van der Waals surface area contributed by atoms with Gasteiger partial charge in [-0.05, 0) is 37.8 Å². The van der Waals surface area contributed by atoms with Gasteiger partial charge in [-0.3, -0.25) is 0 Å². The number of hydrogen-bond acceptors (Lipinski definition) is 4. The standard InChI is InChI=1S/C20H19N2OS2/c1-4-22-14(2)19(25-18(22)13-15-9-7-8-12-23-15)20-21(3)16-10-5-6-11-17(16)24-20/h5-13H,2,4H2,1,3H3/q+1/b15-13+,20-19+. The van der Waals surface area contributed by atoms with Gasteiger partial charge in [0.05, 0.1) is 18.0 Å². The molecule has 3 heterocycles. The molecule has 0 atom stereocenters. The number of thioether (sulfide) groups is 1. The molecule has 3 nitrogen and oxygen atoms in total. The van der Waals surface area contributed by atoms with E-state index in [2.05, 4.69) is 60.4 Å². The maximum absolute atomic E-state index is 5.57. The van der Waals surface area contributed by atoms with Gasteiger partial charge in [-0.2, -0.15) is 4.57 Å². The number of benzene rings is 1. The first-order valence-electron chi connectivity index (χ1n) is 8.17. The normalized spacial score (nSPS) is 19.4. The first-order chi connectivity index (χ1) is 12.2. The number of nitrogens with zero attached hydrogens (tertiary/aromatic N) is 2. The van der Waals surface area contributed by atoms with Gasteiger partial charge in [-0.1, -0.05) is 41.3 Å². The molecule has 0 unspecified atom stereocenters. The van der Waals surface area contributed by atoms with Crippen molar-refractivity contribution in [3.8, 4) is 0 Å². The third-order valence-corrected chi connectivity index (χ3v) is 6.78. The molecule has 2 aliphatic rings. The van der Waals surface area contributed by atoms with Crippen LogP contribution in [0.15, 0.2) is 59.4 Å². The lowest BCUT2D eigenvalue weighted by Crippen LogP contribution is -2.52. The Morgan fingerprint density at radius 1 is 1.28 bits per heavy atom. The molecular weight excluding hydrogens is 348 g/mol. The summed E-state index contributed by atoms with van der Waals surface area (Å²) in [6, 6.07) is 8.50. The summed E-state index contributed by atoms with van der Waals surface area (Å²) in [5, 5.41) is 3.44. The fraction of sp³-hybridized carbons (Fsp3) is 0.150. The van der Waals surface area contributed by atoms with E-state index in [-0.39, 0.29) is 0 Å². The summed E-state index contributed by atoms with van der Waals surface area (Å²) in [5.41, 5.74) is 1.25. The molecule has 1 aromatic heterocycles. The maximum atomic E-state index is 5.57. The minimum absolute atomic E-state index is 0.846. The van der Waals surface area contributed by atoms with E-state index in [9.17, 15) is 0 Å². The number of allylic oxidation sites excluding steroid dienone is 3. The smallest absolute Gasteiger partial charge is 0.266 e. The van der Waals surface area contributed by atoms with Crippen LogP contribution in [0.25, 0.3) is 17.7 Å². The number of hydrogen-bond donors (Lipinski definition) is 0. The van der Waals surface area contributed by atoms with Crippen molar-refractivity contribution in [1.29, 1.82) is 0 Å². The number of anilines is 1. The summed E-state index contributed by atoms with van der Waals surface area (Å²) in [4.78, 5) is 3.55. The van der Waals surface area contributed by atoms with Crippen molar-refractivity contribution in [1.82, 2.24) is 0 Å². The highest BCUT2D eigenvalue weighted by Gasteiger charge is 2.26. The largest absolute Gasteiger partial charge is 0.465 e. The second kappa shape index (κ2) is 6.58. The number of ether oxygens (including phenoxy) is 1. The Hall–Kier alpha value is -2.24. The maximum Gasteiger partial charge on any atom is 0.266 e. The highest BCUT2D eigenvalue weighted by molar-refractivity contribution is 8.08. The molecular formula is C20H19N2OS2+. The van der Waals surface area contributed by atoms with Gasteiger partial charge in [-0.15, -0.1) is 0 Å². The Balaban J connectivity index is 1.86. The highest BCUT2D eigenvalue weighted by atomic mass is 32.2. The van der Waals surface area contributed by atoms with Crippen LogP contribution in [0.5, 0.6) is 0 Å². The van der Waals surface area contributed by atoms with Crippen LogP contribution >= 0.6 is 23.1 Å². The van der Waals surface area contributed by atoms with Crippen molar-refractivity contribution < 1.29 is 9.30 Å². The monoisotopic (exact) mass is 367 g/mol. The van der Waals surface area contributed by atoms with E-state index in [1.165, 1.54) is 20.1 Å². The molecule has 0 saturated carbocycles. The summed E-state index contributed by atoms with van der Waals surface area (Å²) < 4.78 is 9.03. The molecule has 126 valence electrons. The molecule has 0 saturated heterocycles. The lowest BCUT2D eigenvalue weighted by atomic mass is 10.3. The van der Waals surface area contributed by atoms with E-state index in [1.807, 2.05) is 30.0 Å². The molecule has 2 aliphatic heterocycles. The molecule has 2 aromatic rings. The molecule has 0 fully saturated rings. The van der Waals surface area contributed by atoms with Crippen LogP contribution in [0.4, 0.5) is 5.69 Å². The number of thiazole rings is 1. The fourth-order valence-corrected chi connectivity index (χ4v) is 5.50. The third kappa shape index (κ3) is 2.83. The van der Waals surface area contributed by atoms with Crippen LogP contribution in [-0.2, 0) is 11.3 Å². The summed E-state index contributed by atoms with van der Waals surface area (Å²) in [5.74, 6) is 0.846. The van der Waals surface area contributed by atoms with Gasteiger partial charge >= 0.3 is 0 Å². The molecule has 25 heavy (non-hydrogen) atoms. The number of para-hydroxylation sites is 1. The Kier molecular flexibility index (Phi) is 4.27. The van der Waals surface area contributed by atoms with Gasteiger partial charge in [0.2, 0.25) is 5.35 Å². The van der Waals surface area contributed by atoms with E-state index in [0.29, 0.717) is 0 Å². The topological polar surface area (TPSA) is 16.4 Å². The second-order valence-electron chi connectivity index (χ2n) is 5.75. The lowest BCUT2D eigenvalue weighted by Gasteiger charge is -2.11. The Bertz CT molecular complexity index is 1030. The first kappa shape index (κ1) is 16.2. The van der Waals surface area contributed by atoms with E-state index in [4.69, 9.17) is 4.74 Å². The van der Waals surface area contributed by atoms with Crippen molar-refractivity contribution in [3.05, 3.63) is 69.4 Å². The zero-order valence-corrected chi connectivity index (χ0v) is 15.9. The van der Waals surface area contributed by atoms with Gasteiger partial charge in [0.25, 0.3) is 5.01 Å². The van der Waals surface area contributed by atoms with Crippen LogP contribution < -0.4 is 19.3 Å².